The van der Waals surface area contributed by atoms with E-state index in [0.717, 1.165) is 11.5 Å². The van der Waals surface area contributed by atoms with Crippen LogP contribution in [0.1, 0.15) is 65.2 Å². The van der Waals surface area contributed by atoms with E-state index in [1.54, 1.807) is 0 Å². The second-order valence-electron chi connectivity index (χ2n) is 6.63. The zero-order valence-corrected chi connectivity index (χ0v) is 12.5. The van der Waals surface area contributed by atoms with Crippen molar-refractivity contribution in [2.75, 3.05) is 26.2 Å². The zero-order chi connectivity index (χ0) is 12.8. The quantitative estimate of drug-likeness (QED) is 0.729. The van der Waals surface area contributed by atoms with Crippen LogP contribution < -0.4 is 5.32 Å². The van der Waals surface area contributed by atoms with Crippen LogP contribution in [0.25, 0.3) is 0 Å². The van der Waals surface area contributed by atoms with Gasteiger partial charge in [0.05, 0.1) is 0 Å². The maximum absolute atomic E-state index is 3.53. The van der Waals surface area contributed by atoms with Crippen molar-refractivity contribution < 1.29 is 0 Å². The Balaban J connectivity index is 1.65. The smallest absolute Gasteiger partial charge is 0.00790 e. The molecule has 1 aliphatic heterocycles. The van der Waals surface area contributed by atoms with Crippen LogP contribution in [0.15, 0.2) is 0 Å². The Hall–Kier alpha value is -0.0800. The van der Waals surface area contributed by atoms with Gasteiger partial charge in [0.25, 0.3) is 0 Å². The molecule has 0 amide bonds. The molecule has 1 unspecified atom stereocenters. The molecule has 0 aromatic heterocycles. The van der Waals surface area contributed by atoms with Crippen molar-refractivity contribution in [1.29, 1.82) is 0 Å². The Morgan fingerprint density at radius 3 is 2.33 bits per heavy atom. The largest absolute Gasteiger partial charge is 0.317 e. The molecule has 1 N–H and O–H groups in total. The van der Waals surface area contributed by atoms with Crippen LogP contribution in [-0.4, -0.2) is 37.1 Å². The summed E-state index contributed by atoms with van der Waals surface area (Å²) in [6.07, 6.45) is 11.5. The molecule has 106 valence electrons. The number of piperidine rings is 1. The maximum atomic E-state index is 3.53. The van der Waals surface area contributed by atoms with E-state index in [-0.39, 0.29) is 0 Å². The van der Waals surface area contributed by atoms with Crippen molar-refractivity contribution >= 4 is 0 Å². The van der Waals surface area contributed by atoms with Crippen LogP contribution >= 0.6 is 0 Å². The van der Waals surface area contributed by atoms with E-state index >= 15 is 0 Å². The fourth-order valence-electron chi connectivity index (χ4n) is 3.86. The summed E-state index contributed by atoms with van der Waals surface area (Å²) in [5.41, 5.74) is 0.774. The first-order valence-electron chi connectivity index (χ1n) is 8.20. The highest BCUT2D eigenvalue weighted by Gasteiger charge is 2.37. The molecule has 2 aliphatic rings. The maximum Gasteiger partial charge on any atom is 0.00790 e. The third-order valence-electron chi connectivity index (χ3n) is 5.31. The van der Waals surface area contributed by atoms with Gasteiger partial charge in [-0.2, -0.15) is 0 Å². The van der Waals surface area contributed by atoms with E-state index in [2.05, 4.69) is 24.1 Å². The van der Waals surface area contributed by atoms with E-state index in [0.29, 0.717) is 0 Å². The molecule has 2 rings (SSSR count). The van der Waals surface area contributed by atoms with E-state index in [9.17, 15) is 0 Å². The van der Waals surface area contributed by atoms with Gasteiger partial charge in [0.1, 0.15) is 0 Å². The van der Waals surface area contributed by atoms with Crippen LogP contribution in [0.5, 0.6) is 0 Å². The van der Waals surface area contributed by atoms with Gasteiger partial charge in [-0.3, -0.25) is 0 Å². The number of hydrogen-bond acceptors (Lipinski definition) is 2. The fraction of sp³-hybridized carbons (Fsp3) is 1.00. The Morgan fingerprint density at radius 2 is 1.72 bits per heavy atom. The molecule has 0 aromatic rings. The lowest BCUT2D eigenvalue weighted by molar-refractivity contribution is 0.0786. The molecule has 0 bridgehead atoms. The lowest BCUT2D eigenvalue weighted by atomic mass is 9.77. The van der Waals surface area contributed by atoms with Crippen LogP contribution in [0.3, 0.4) is 0 Å². The molecular weight excluding hydrogens is 220 g/mol. The molecule has 1 spiro atoms. The minimum atomic E-state index is 0.771. The number of hydrogen-bond donors (Lipinski definition) is 1. The summed E-state index contributed by atoms with van der Waals surface area (Å²) in [4.78, 5) is 2.73. The highest BCUT2D eigenvalue weighted by molar-refractivity contribution is 4.90. The average molecular weight is 252 g/mol. The standard InChI is InChI=1S/C16H32N2/c1-3-11-17-12-6-15(2)18-13-9-16(10-14-18)7-4-5-8-16/h15,17H,3-14H2,1-2H3. The molecule has 1 saturated carbocycles. The van der Waals surface area contributed by atoms with Crippen molar-refractivity contribution in [3.05, 3.63) is 0 Å². The molecule has 2 nitrogen and oxygen atoms in total. The van der Waals surface area contributed by atoms with Gasteiger partial charge in [-0.25, -0.2) is 0 Å². The molecule has 0 aromatic carbocycles. The third-order valence-corrected chi connectivity index (χ3v) is 5.31. The number of rotatable bonds is 6. The normalized spacial score (nSPS) is 25.7. The van der Waals surface area contributed by atoms with E-state index in [1.807, 2.05) is 0 Å². The van der Waals surface area contributed by atoms with Crippen LogP contribution in [-0.2, 0) is 0 Å². The summed E-state index contributed by atoms with van der Waals surface area (Å²) in [5, 5.41) is 3.53. The summed E-state index contributed by atoms with van der Waals surface area (Å²) < 4.78 is 0. The predicted molar refractivity (Wildman–Crippen MR) is 78.9 cm³/mol. The minimum absolute atomic E-state index is 0.771. The van der Waals surface area contributed by atoms with Crippen molar-refractivity contribution in [2.45, 2.75) is 71.3 Å². The molecule has 18 heavy (non-hydrogen) atoms. The lowest BCUT2D eigenvalue weighted by Gasteiger charge is -2.42. The first kappa shape index (κ1) is 14.3. The van der Waals surface area contributed by atoms with E-state index in [4.69, 9.17) is 0 Å². The first-order chi connectivity index (χ1) is 8.76. The lowest BCUT2D eigenvalue weighted by Crippen LogP contribution is -2.44. The topological polar surface area (TPSA) is 15.3 Å². The van der Waals surface area contributed by atoms with Crippen molar-refractivity contribution in [2.24, 2.45) is 5.41 Å². The highest BCUT2D eigenvalue weighted by Crippen LogP contribution is 2.46. The molecular formula is C16H32N2. The molecule has 1 aliphatic carbocycles. The van der Waals surface area contributed by atoms with Crippen molar-refractivity contribution in [3.8, 4) is 0 Å². The second kappa shape index (κ2) is 6.91. The van der Waals surface area contributed by atoms with Crippen LogP contribution in [0, 0.1) is 5.41 Å². The van der Waals surface area contributed by atoms with Gasteiger partial charge in [-0.1, -0.05) is 19.8 Å². The Morgan fingerprint density at radius 1 is 1.06 bits per heavy atom. The summed E-state index contributed by atoms with van der Waals surface area (Å²) in [5.74, 6) is 0. The molecule has 1 heterocycles. The number of nitrogens with one attached hydrogen (secondary N) is 1. The van der Waals surface area contributed by atoms with E-state index < -0.39 is 0 Å². The van der Waals surface area contributed by atoms with Gasteiger partial charge in [0.15, 0.2) is 0 Å². The Kier molecular flexibility index (Phi) is 5.50. The van der Waals surface area contributed by atoms with Gasteiger partial charge in [0, 0.05) is 6.04 Å². The molecule has 0 radical (unpaired) electrons. The Bertz CT molecular complexity index is 223. The van der Waals surface area contributed by atoms with Crippen LogP contribution in [0.4, 0.5) is 0 Å². The molecule has 1 saturated heterocycles. The first-order valence-corrected chi connectivity index (χ1v) is 8.20. The SMILES string of the molecule is CCCNCCC(C)N1CCC2(CCCC2)CC1. The average Bonchev–Trinajstić information content (AvgIpc) is 2.84. The Labute approximate surface area is 114 Å². The van der Waals surface area contributed by atoms with E-state index in [1.165, 1.54) is 77.5 Å². The molecule has 2 fully saturated rings. The van der Waals surface area contributed by atoms with Crippen molar-refractivity contribution in [1.82, 2.24) is 10.2 Å². The predicted octanol–water partition coefficient (Wildman–Crippen LogP) is 3.42. The highest BCUT2D eigenvalue weighted by atomic mass is 15.2. The summed E-state index contributed by atoms with van der Waals surface area (Å²) in [6.45, 7) is 9.73. The zero-order valence-electron chi connectivity index (χ0n) is 12.5. The number of likely N-dealkylation sites (tertiary alicyclic amines) is 1. The van der Waals surface area contributed by atoms with Crippen LogP contribution in [0.2, 0.25) is 0 Å². The number of nitrogens with zero attached hydrogens (tertiary/aromatic N) is 1. The second-order valence-corrected chi connectivity index (χ2v) is 6.63. The van der Waals surface area contributed by atoms with Gasteiger partial charge < -0.3 is 10.2 Å². The van der Waals surface area contributed by atoms with Gasteiger partial charge >= 0.3 is 0 Å². The summed E-state index contributed by atoms with van der Waals surface area (Å²) in [7, 11) is 0. The fourth-order valence-corrected chi connectivity index (χ4v) is 3.86. The van der Waals surface area contributed by atoms with Gasteiger partial charge in [-0.15, -0.1) is 0 Å². The summed E-state index contributed by atoms with van der Waals surface area (Å²) >= 11 is 0. The third kappa shape index (κ3) is 3.71. The summed E-state index contributed by atoms with van der Waals surface area (Å²) in [6, 6.07) is 0.771. The minimum Gasteiger partial charge on any atom is -0.317 e. The van der Waals surface area contributed by atoms with Gasteiger partial charge in [-0.05, 0) is 77.0 Å². The monoisotopic (exact) mass is 252 g/mol. The van der Waals surface area contributed by atoms with Gasteiger partial charge in [0.2, 0.25) is 0 Å². The molecule has 1 atom stereocenters. The van der Waals surface area contributed by atoms with Crippen molar-refractivity contribution in [3.63, 3.8) is 0 Å². The molecule has 2 heteroatoms.